The van der Waals surface area contributed by atoms with Crippen LogP contribution in [-0.4, -0.2) is 33.7 Å². The number of sulfonamides is 1. The zero-order valence-electron chi connectivity index (χ0n) is 16.6. The number of hydrogen-bond donors (Lipinski definition) is 1. The molecule has 0 aliphatic heterocycles. The Morgan fingerprint density at radius 3 is 2.46 bits per heavy atom. The molecule has 0 spiro atoms. The lowest BCUT2D eigenvalue weighted by Gasteiger charge is -2.31. The van der Waals surface area contributed by atoms with E-state index >= 15 is 0 Å². The Morgan fingerprint density at radius 1 is 1.21 bits per heavy atom. The first-order valence-corrected chi connectivity index (χ1v) is 11.0. The van der Waals surface area contributed by atoms with Gasteiger partial charge in [-0.3, -0.25) is 9.10 Å². The fourth-order valence-corrected chi connectivity index (χ4v) is 4.42. The highest BCUT2D eigenvalue weighted by molar-refractivity contribution is 7.92. The lowest BCUT2D eigenvalue weighted by atomic mass is 10.1. The van der Waals surface area contributed by atoms with Gasteiger partial charge in [0.25, 0.3) is 0 Å². The summed E-state index contributed by atoms with van der Waals surface area (Å²) < 4.78 is 31.7. The lowest BCUT2D eigenvalue weighted by Crippen LogP contribution is -2.47. The number of halogens is 1. The summed E-state index contributed by atoms with van der Waals surface area (Å²) in [4.78, 5) is 13.1. The fourth-order valence-electron chi connectivity index (χ4n) is 2.99. The van der Waals surface area contributed by atoms with Crippen molar-refractivity contribution in [1.82, 2.24) is 0 Å². The van der Waals surface area contributed by atoms with Crippen LogP contribution in [0.5, 0.6) is 5.75 Å². The van der Waals surface area contributed by atoms with E-state index in [2.05, 4.69) is 5.32 Å². The third-order valence-electron chi connectivity index (χ3n) is 4.35. The Bertz CT molecular complexity index is 976. The molecule has 1 atom stereocenters. The molecule has 6 nitrogen and oxygen atoms in total. The molecule has 0 bridgehead atoms. The van der Waals surface area contributed by atoms with Gasteiger partial charge in [-0.25, -0.2) is 8.42 Å². The first-order valence-electron chi connectivity index (χ1n) is 8.79. The third kappa shape index (κ3) is 4.97. The minimum Gasteiger partial charge on any atom is -0.495 e. The maximum absolute atomic E-state index is 13.1. The molecule has 1 amide bonds. The standard InChI is InChI=1S/C20H25ClN2O4S/c1-6-17(20(24)22-16-12-15(21)9-10-19(16)27-4)23(28(5,25)26)18-11-13(2)7-8-14(18)3/h7-12,17H,6H2,1-5H3,(H,22,24). The van der Waals surface area contributed by atoms with E-state index in [4.69, 9.17) is 16.3 Å². The highest BCUT2D eigenvalue weighted by atomic mass is 35.5. The van der Waals surface area contributed by atoms with Crippen LogP contribution in [-0.2, 0) is 14.8 Å². The molecule has 2 aromatic rings. The number of methoxy groups -OCH3 is 1. The van der Waals surface area contributed by atoms with Crippen molar-refractivity contribution in [2.45, 2.75) is 33.2 Å². The molecule has 0 radical (unpaired) electrons. The second kappa shape index (κ2) is 8.84. The number of benzene rings is 2. The Balaban J connectivity index is 2.48. The third-order valence-corrected chi connectivity index (χ3v) is 5.75. The molecule has 0 saturated carbocycles. The van der Waals surface area contributed by atoms with Crippen LogP contribution < -0.4 is 14.4 Å². The van der Waals surface area contributed by atoms with Gasteiger partial charge in [-0.2, -0.15) is 0 Å². The van der Waals surface area contributed by atoms with E-state index in [9.17, 15) is 13.2 Å². The Hall–Kier alpha value is -2.25. The van der Waals surface area contributed by atoms with E-state index in [0.717, 1.165) is 17.4 Å². The van der Waals surface area contributed by atoms with Gasteiger partial charge in [0, 0.05) is 5.02 Å². The molecule has 0 saturated heterocycles. The number of anilines is 2. The second-order valence-electron chi connectivity index (χ2n) is 6.61. The zero-order valence-corrected chi connectivity index (χ0v) is 18.2. The number of hydrogen-bond acceptors (Lipinski definition) is 4. The van der Waals surface area contributed by atoms with Gasteiger partial charge in [0.15, 0.2) is 0 Å². The molecule has 0 aliphatic rings. The molecule has 1 unspecified atom stereocenters. The highest BCUT2D eigenvalue weighted by Crippen LogP contribution is 2.30. The minimum absolute atomic E-state index is 0.287. The van der Waals surface area contributed by atoms with E-state index in [-0.39, 0.29) is 6.42 Å². The van der Waals surface area contributed by atoms with Gasteiger partial charge in [0.05, 0.1) is 24.7 Å². The van der Waals surface area contributed by atoms with Gasteiger partial charge in [-0.05, 0) is 55.7 Å². The molecular formula is C20H25ClN2O4S. The summed E-state index contributed by atoms with van der Waals surface area (Å²) in [5.41, 5.74) is 2.54. The Kier molecular flexibility index (Phi) is 6.96. The summed E-state index contributed by atoms with van der Waals surface area (Å²) in [7, 11) is -2.23. The van der Waals surface area contributed by atoms with Crippen LogP contribution in [0.4, 0.5) is 11.4 Å². The summed E-state index contributed by atoms with van der Waals surface area (Å²) in [5.74, 6) is -0.0281. The predicted molar refractivity (Wildman–Crippen MR) is 114 cm³/mol. The van der Waals surface area contributed by atoms with E-state index in [1.807, 2.05) is 26.0 Å². The van der Waals surface area contributed by atoms with Crippen molar-refractivity contribution in [2.75, 3.05) is 23.0 Å². The Labute approximate surface area is 171 Å². The lowest BCUT2D eigenvalue weighted by molar-refractivity contribution is -0.117. The van der Waals surface area contributed by atoms with Gasteiger partial charge in [-0.15, -0.1) is 0 Å². The van der Waals surface area contributed by atoms with Crippen molar-refractivity contribution in [1.29, 1.82) is 0 Å². The van der Waals surface area contributed by atoms with E-state index < -0.39 is 22.0 Å². The summed E-state index contributed by atoms with van der Waals surface area (Å²) in [5, 5.41) is 3.18. The number of amides is 1. The van der Waals surface area contributed by atoms with Gasteiger partial charge >= 0.3 is 0 Å². The van der Waals surface area contributed by atoms with Gasteiger partial charge in [-0.1, -0.05) is 30.7 Å². The van der Waals surface area contributed by atoms with Crippen LogP contribution in [0.15, 0.2) is 36.4 Å². The first kappa shape index (κ1) is 22.0. The first-order chi connectivity index (χ1) is 13.1. The normalized spacial score (nSPS) is 12.4. The largest absolute Gasteiger partial charge is 0.495 e. The number of aryl methyl sites for hydroxylation is 2. The van der Waals surface area contributed by atoms with Crippen LogP contribution in [0.25, 0.3) is 0 Å². The van der Waals surface area contributed by atoms with Crippen LogP contribution in [0.3, 0.4) is 0 Å². The molecule has 2 aromatic carbocycles. The van der Waals surface area contributed by atoms with Gasteiger partial charge in [0.1, 0.15) is 11.8 Å². The fraction of sp³-hybridized carbons (Fsp3) is 0.350. The molecule has 1 N–H and O–H groups in total. The molecule has 152 valence electrons. The van der Waals surface area contributed by atoms with Gasteiger partial charge < -0.3 is 10.1 Å². The molecule has 0 aliphatic carbocycles. The monoisotopic (exact) mass is 424 g/mol. The topological polar surface area (TPSA) is 75.7 Å². The molecular weight excluding hydrogens is 400 g/mol. The van der Waals surface area contributed by atoms with Gasteiger partial charge in [0.2, 0.25) is 15.9 Å². The van der Waals surface area contributed by atoms with Crippen LogP contribution in [0.1, 0.15) is 24.5 Å². The van der Waals surface area contributed by atoms with Crippen molar-refractivity contribution in [2.24, 2.45) is 0 Å². The average Bonchev–Trinajstić information content (AvgIpc) is 2.61. The molecule has 2 rings (SSSR count). The van der Waals surface area contributed by atoms with Crippen LogP contribution >= 0.6 is 11.6 Å². The second-order valence-corrected chi connectivity index (χ2v) is 8.90. The minimum atomic E-state index is -3.71. The van der Waals surface area contributed by atoms with E-state index in [1.54, 1.807) is 31.2 Å². The highest BCUT2D eigenvalue weighted by Gasteiger charge is 2.32. The zero-order chi connectivity index (χ0) is 21.1. The van der Waals surface area contributed by atoms with Crippen molar-refractivity contribution >= 4 is 38.9 Å². The van der Waals surface area contributed by atoms with Crippen molar-refractivity contribution in [3.05, 3.63) is 52.5 Å². The number of ether oxygens (including phenoxy) is 1. The maximum Gasteiger partial charge on any atom is 0.248 e. The van der Waals surface area contributed by atoms with Crippen LogP contribution in [0, 0.1) is 13.8 Å². The Morgan fingerprint density at radius 2 is 1.89 bits per heavy atom. The average molecular weight is 425 g/mol. The summed E-state index contributed by atoms with van der Waals surface area (Å²) >= 11 is 6.03. The summed E-state index contributed by atoms with van der Waals surface area (Å²) in [6, 6.07) is 9.42. The molecule has 0 aromatic heterocycles. The molecule has 28 heavy (non-hydrogen) atoms. The summed E-state index contributed by atoms with van der Waals surface area (Å²) in [6.07, 6.45) is 1.39. The van der Waals surface area contributed by atoms with Crippen LogP contribution in [0.2, 0.25) is 5.02 Å². The number of carbonyl (C=O) groups excluding carboxylic acids is 1. The quantitative estimate of drug-likeness (QED) is 0.724. The predicted octanol–water partition coefficient (Wildman–Crippen LogP) is 4.15. The molecule has 0 heterocycles. The number of rotatable bonds is 7. The number of nitrogens with zero attached hydrogens (tertiary/aromatic N) is 1. The molecule has 0 fully saturated rings. The van der Waals surface area contributed by atoms with E-state index in [1.165, 1.54) is 11.4 Å². The summed E-state index contributed by atoms with van der Waals surface area (Å²) in [6.45, 7) is 5.46. The van der Waals surface area contributed by atoms with Crippen molar-refractivity contribution in [3.63, 3.8) is 0 Å². The van der Waals surface area contributed by atoms with E-state index in [0.29, 0.717) is 22.1 Å². The smallest absolute Gasteiger partial charge is 0.248 e. The van der Waals surface area contributed by atoms with Crippen molar-refractivity contribution < 1.29 is 17.9 Å². The maximum atomic E-state index is 13.1. The molecule has 8 heteroatoms. The van der Waals surface area contributed by atoms with Crippen molar-refractivity contribution in [3.8, 4) is 5.75 Å². The number of nitrogens with one attached hydrogen (secondary N) is 1. The number of carbonyl (C=O) groups is 1. The SMILES string of the molecule is CCC(C(=O)Nc1cc(Cl)ccc1OC)N(c1cc(C)ccc1C)S(C)(=O)=O.